The number of rotatable bonds is 6. The quantitative estimate of drug-likeness (QED) is 0.817. The number of thiophene rings is 1. The average molecular weight is 372 g/mol. The van der Waals surface area contributed by atoms with Gasteiger partial charge in [-0.05, 0) is 44.4 Å². The standard InChI is InChI=1S/C19H24N4O2S/c1-14-7-8-16(26-14)19(25)22-13-17(24)21-12-15-6-5-9-20-18(15)23-10-3-2-4-11-23/h5-9H,2-4,10-13H2,1H3,(H,21,24)(H,22,25). The molecule has 138 valence electrons. The molecular formula is C19H24N4O2S. The minimum atomic E-state index is -0.214. The number of aryl methyl sites for hydroxylation is 1. The lowest BCUT2D eigenvalue weighted by molar-refractivity contribution is -0.120. The van der Waals surface area contributed by atoms with E-state index in [0.717, 1.165) is 29.3 Å². The van der Waals surface area contributed by atoms with Crippen molar-refractivity contribution in [2.75, 3.05) is 24.5 Å². The van der Waals surface area contributed by atoms with Crippen LogP contribution in [0.2, 0.25) is 0 Å². The van der Waals surface area contributed by atoms with Crippen molar-refractivity contribution in [3.8, 4) is 0 Å². The van der Waals surface area contributed by atoms with Crippen LogP contribution in [-0.2, 0) is 11.3 Å². The van der Waals surface area contributed by atoms with E-state index in [1.54, 1.807) is 12.3 Å². The number of pyridine rings is 1. The van der Waals surface area contributed by atoms with Gasteiger partial charge in [0.25, 0.3) is 5.91 Å². The van der Waals surface area contributed by atoms with Gasteiger partial charge in [0.1, 0.15) is 5.82 Å². The molecule has 0 bridgehead atoms. The molecule has 0 radical (unpaired) electrons. The monoisotopic (exact) mass is 372 g/mol. The van der Waals surface area contributed by atoms with Crippen LogP contribution in [0, 0.1) is 6.92 Å². The first kappa shape index (κ1) is 18.4. The first-order valence-corrected chi connectivity index (χ1v) is 9.75. The van der Waals surface area contributed by atoms with Crippen molar-refractivity contribution in [2.24, 2.45) is 0 Å². The molecule has 7 heteroatoms. The molecule has 26 heavy (non-hydrogen) atoms. The van der Waals surface area contributed by atoms with Gasteiger partial charge in [-0.3, -0.25) is 9.59 Å². The molecule has 0 aliphatic carbocycles. The Labute approximate surface area is 157 Å². The molecule has 0 spiro atoms. The zero-order valence-corrected chi connectivity index (χ0v) is 15.8. The Morgan fingerprint density at radius 3 is 2.69 bits per heavy atom. The van der Waals surface area contributed by atoms with Crippen molar-refractivity contribution >= 4 is 29.0 Å². The van der Waals surface area contributed by atoms with Crippen LogP contribution in [0.15, 0.2) is 30.5 Å². The Hall–Kier alpha value is -2.41. The molecule has 0 atom stereocenters. The normalized spacial score (nSPS) is 14.1. The molecule has 2 N–H and O–H groups in total. The Kier molecular flexibility index (Phi) is 6.22. The van der Waals surface area contributed by atoms with Crippen molar-refractivity contribution < 1.29 is 9.59 Å². The van der Waals surface area contributed by atoms with Crippen molar-refractivity contribution in [3.05, 3.63) is 45.8 Å². The predicted octanol–water partition coefficient (Wildman–Crippen LogP) is 2.49. The van der Waals surface area contributed by atoms with Gasteiger partial charge in [0.15, 0.2) is 0 Å². The Balaban J connectivity index is 1.51. The summed E-state index contributed by atoms with van der Waals surface area (Å²) in [6.45, 7) is 4.34. The van der Waals surface area contributed by atoms with E-state index in [2.05, 4.69) is 20.5 Å². The van der Waals surface area contributed by atoms with Crippen molar-refractivity contribution in [1.82, 2.24) is 15.6 Å². The molecule has 6 nitrogen and oxygen atoms in total. The summed E-state index contributed by atoms with van der Waals surface area (Å²) < 4.78 is 0. The van der Waals surface area contributed by atoms with Crippen LogP contribution in [0.5, 0.6) is 0 Å². The summed E-state index contributed by atoms with van der Waals surface area (Å²) in [5.41, 5.74) is 1.00. The number of piperidine rings is 1. The van der Waals surface area contributed by atoms with Gasteiger partial charge >= 0.3 is 0 Å². The van der Waals surface area contributed by atoms with Crippen LogP contribution < -0.4 is 15.5 Å². The van der Waals surface area contributed by atoms with Gasteiger partial charge in [0.05, 0.1) is 11.4 Å². The SMILES string of the molecule is Cc1ccc(C(=O)NCC(=O)NCc2cccnc2N2CCCCC2)s1. The highest BCUT2D eigenvalue weighted by molar-refractivity contribution is 7.13. The smallest absolute Gasteiger partial charge is 0.261 e. The van der Waals surface area contributed by atoms with Crippen molar-refractivity contribution in [2.45, 2.75) is 32.7 Å². The fourth-order valence-corrected chi connectivity index (χ4v) is 3.80. The highest BCUT2D eigenvalue weighted by Crippen LogP contribution is 2.21. The van der Waals surface area contributed by atoms with Gasteiger partial charge in [-0.1, -0.05) is 6.07 Å². The summed E-state index contributed by atoms with van der Waals surface area (Å²) >= 11 is 1.42. The molecule has 0 aromatic carbocycles. The number of carbonyl (C=O) groups is 2. The number of hydrogen-bond donors (Lipinski definition) is 2. The van der Waals surface area contributed by atoms with E-state index in [1.165, 1.54) is 30.6 Å². The number of nitrogens with one attached hydrogen (secondary N) is 2. The Morgan fingerprint density at radius 2 is 1.96 bits per heavy atom. The van der Waals surface area contributed by atoms with Crippen LogP contribution in [-0.4, -0.2) is 36.4 Å². The first-order chi connectivity index (χ1) is 12.6. The molecule has 0 saturated carbocycles. The molecule has 3 rings (SSSR count). The predicted molar refractivity (Wildman–Crippen MR) is 104 cm³/mol. The van der Waals surface area contributed by atoms with Gasteiger partial charge < -0.3 is 15.5 Å². The van der Waals surface area contributed by atoms with Gasteiger partial charge in [-0.2, -0.15) is 0 Å². The van der Waals surface area contributed by atoms with E-state index < -0.39 is 0 Å². The molecule has 2 amide bonds. The van der Waals surface area contributed by atoms with E-state index in [4.69, 9.17) is 0 Å². The van der Waals surface area contributed by atoms with Crippen LogP contribution in [0.4, 0.5) is 5.82 Å². The van der Waals surface area contributed by atoms with Gasteiger partial charge in [-0.25, -0.2) is 4.98 Å². The summed E-state index contributed by atoms with van der Waals surface area (Å²) in [5, 5.41) is 5.53. The third-order valence-electron chi connectivity index (χ3n) is 4.37. The second-order valence-corrected chi connectivity index (χ2v) is 7.69. The van der Waals surface area contributed by atoms with E-state index >= 15 is 0 Å². The number of hydrogen-bond acceptors (Lipinski definition) is 5. The topological polar surface area (TPSA) is 74.3 Å². The molecule has 1 saturated heterocycles. The molecule has 2 aromatic heterocycles. The summed E-state index contributed by atoms with van der Waals surface area (Å²) in [6.07, 6.45) is 5.41. The summed E-state index contributed by atoms with van der Waals surface area (Å²) in [5.74, 6) is 0.527. The lowest BCUT2D eigenvalue weighted by Gasteiger charge is -2.29. The highest BCUT2D eigenvalue weighted by atomic mass is 32.1. The van der Waals surface area contributed by atoms with E-state index in [0.29, 0.717) is 11.4 Å². The maximum atomic E-state index is 12.1. The maximum Gasteiger partial charge on any atom is 0.261 e. The zero-order valence-electron chi connectivity index (χ0n) is 15.0. The van der Waals surface area contributed by atoms with Gasteiger partial charge in [0, 0.05) is 36.3 Å². The Morgan fingerprint density at radius 1 is 1.15 bits per heavy atom. The number of nitrogens with zero attached hydrogens (tertiary/aromatic N) is 2. The number of anilines is 1. The molecule has 2 aromatic rings. The Bertz CT molecular complexity index is 768. The summed E-state index contributed by atoms with van der Waals surface area (Å²) in [7, 11) is 0. The largest absolute Gasteiger partial charge is 0.356 e. The minimum Gasteiger partial charge on any atom is -0.356 e. The van der Waals surface area contributed by atoms with E-state index in [-0.39, 0.29) is 18.4 Å². The van der Waals surface area contributed by atoms with E-state index in [1.807, 2.05) is 25.1 Å². The highest BCUT2D eigenvalue weighted by Gasteiger charge is 2.16. The van der Waals surface area contributed by atoms with Crippen LogP contribution >= 0.6 is 11.3 Å². The summed E-state index contributed by atoms with van der Waals surface area (Å²) in [6, 6.07) is 7.54. The summed E-state index contributed by atoms with van der Waals surface area (Å²) in [4.78, 5) is 32.6. The van der Waals surface area contributed by atoms with E-state index in [9.17, 15) is 9.59 Å². The van der Waals surface area contributed by atoms with Crippen LogP contribution in [0.25, 0.3) is 0 Å². The molecule has 1 aliphatic heterocycles. The molecule has 3 heterocycles. The number of amides is 2. The fraction of sp³-hybridized carbons (Fsp3) is 0.421. The zero-order chi connectivity index (χ0) is 18.4. The lowest BCUT2D eigenvalue weighted by Crippen LogP contribution is -2.37. The van der Waals surface area contributed by atoms with Crippen molar-refractivity contribution in [1.29, 1.82) is 0 Å². The second-order valence-electron chi connectivity index (χ2n) is 6.40. The van der Waals surface area contributed by atoms with Gasteiger partial charge in [-0.15, -0.1) is 11.3 Å². The minimum absolute atomic E-state index is 0.0326. The lowest BCUT2D eigenvalue weighted by atomic mass is 10.1. The average Bonchev–Trinajstić information content (AvgIpc) is 3.12. The van der Waals surface area contributed by atoms with Crippen LogP contribution in [0.3, 0.4) is 0 Å². The fourth-order valence-electron chi connectivity index (χ4n) is 3.02. The third-order valence-corrected chi connectivity index (χ3v) is 5.37. The molecule has 0 unspecified atom stereocenters. The maximum absolute atomic E-state index is 12.1. The second kappa shape index (κ2) is 8.80. The number of aromatic nitrogens is 1. The third kappa shape index (κ3) is 4.82. The van der Waals surface area contributed by atoms with Crippen LogP contribution in [0.1, 0.15) is 39.4 Å². The number of carbonyl (C=O) groups excluding carboxylic acids is 2. The molecule has 1 fully saturated rings. The first-order valence-electron chi connectivity index (χ1n) is 8.93. The van der Waals surface area contributed by atoms with Crippen molar-refractivity contribution in [3.63, 3.8) is 0 Å². The van der Waals surface area contributed by atoms with Gasteiger partial charge in [0.2, 0.25) is 5.91 Å². The molecule has 1 aliphatic rings. The molecular weight excluding hydrogens is 348 g/mol.